The molecule has 0 spiro atoms. The maximum atomic E-state index is 11.9. The third-order valence-corrected chi connectivity index (χ3v) is 5.67. The minimum absolute atomic E-state index is 0.0597. The summed E-state index contributed by atoms with van der Waals surface area (Å²) in [5.41, 5.74) is 0.909. The lowest BCUT2D eigenvalue weighted by molar-refractivity contribution is 0.580. The number of rotatable bonds is 6. The zero-order chi connectivity index (χ0) is 13.0. The lowest BCUT2D eigenvalue weighted by atomic mass is 10.1. The first-order valence-electron chi connectivity index (χ1n) is 5.89. The molecule has 0 bridgehead atoms. The van der Waals surface area contributed by atoms with Gasteiger partial charge in [0.1, 0.15) is 0 Å². The van der Waals surface area contributed by atoms with Crippen LogP contribution in [0.5, 0.6) is 0 Å². The van der Waals surface area contributed by atoms with E-state index in [1.807, 2.05) is 18.2 Å². The molecule has 0 amide bonds. The van der Waals surface area contributed by atoms with E-state index in [0.717, 1.165) is 23.6 Å². The smallest absolute Gasteiger partial charge is 0.180 e. The monoisotopic (exact) mass is 283 g/mol. The molecular formula is C13H17NO2S2. The number of hydrogen-bond acceptors (Lipinski definition) is 4. The highest BCUT2D eigenvalue weighted by Crippen LogP contribution is 2.32. The Labute approximate surface area is 113 Å². The average Bonchev–Trinajstić information content (AvgIpc) is 2.62. The van der Waals surface area contributed by atoms with Gasteiger partial charge in [0.15, 0.2) is 9.84 Å². The fourth-order valence-corrected chi connectivity index (χ4v) is 4.46. The minimum atomic E-state index is -3.09. The van der Waals surface area contributed by atoms with Crippen molar-refractivity contribution in [1.82, 2.24) is 5.32 Å². The van der Waals surface area contributed by atoms with Crippen molar-refractivity contribution >= 4 is 21.6 Å². The van der Waals surface area contributed by atoms with Gasteiger partial charge in [-0.1, -0.05) is 24.3 Å². The standard InChI is InChI=1S/C13H17NO2S2/c1-2-8-17-9-7-14-12-10-18(15,16)13-6-4-3-5-11(12)13/h2-6,12,14H,1,7-10H2. The maximum Gasteiger partial charge on any atom is 0.180 e. The summed E-state index contributed by atoms with van der Waals surface area (Å²) in [5, 5.41) is 3.32. The Morgan fingerprint density at radius 3 is 3.00 bits per heavy atom. The predicted octanol–water partition coefficient (Wildman–Crippen LogP) is 2.02. The van der Waals surface area contributed by atoms with E-state index in [4.69, 9.17) is 0 Å². The van der Waals surface area contributed by atoms with E-state index in [-0.39, 0.29) is 11.8 Å². The molecule has 0 fully saturated rings. The molecule has 1 heterocycles. The minimum Gasteiger partial charge on any atom is -0.308 e. The van der Waals surface area contributed by atoms with Gasteiger partial charge in [0, 0.05) is 24.1 Å². The van der Waals surface area contributed by atoms with Crippen LogP contribution in [0.1, 0.15) is 11.6 Å². The van der Waals surface area contributed by atoms with Crippen molar-refractivity contribution in [2.24, 2.45) is 0 Å². The van der Waals surface area contributed by atoms with Gasteiger partial charge in [0.05, 0.1) is 10.6 Å². The molecule has 0 radical (unpaired) electrons. The van der Waals surface area contributed by atoms with Crippen molar-refractivity contribution in [2.75, 3.05) is 23.8 Å². The molecule has 1 N–H and O–H groups in total. The van der Waals surface area contributed by atoms with E-state index in [1.54, 1.807) is 23.9 Å². The summed E-state index contributed by atoms with van der Waals surface area (Å²) in [6, 6.07) is 7.20. The third-order valence-electron chi connectivity index (χ3n) is 2.89. The molecule has 18 heavy (non-hydrogen) atoms. The first kappa shape index (κ1) is 13.6. The molecule has 0 aliphatic carbocycles. The van der Waals surface area contributed by atoms with E-state index in [1.165, 1.54) is 0 Å². The lowest BCUT2D eigenvalue weighted by Crippen LogP contribution is -2.25. The highest BCUT2D eigenvalue weighted by atomic mass is 32.2. The van der Waals surface area contributed by atoms with Crippen molar-refractivity contribution in [3.63, 3.8) is 0 Å². The molecule has 0 saturated carbocycles. The molecular weight excluding hydrogens is 266 g/mol. The van der Waals surface area contributed by atoms with E-state index in [0.29, 0.717) is 4.90 Å². The second-order valence-electron chi connectivity index (χ2n) is 4.19. The molecule has 0 saturated heterocycles. The van der Waals surface area contributed by atoms with Crippen molar-refractivity contribution < 1.29 is 8.42 Å². The molecule has 0 aromatic heterocycles. The molecule has 1 aromatic carbocycles. The van der Waals surface area contributed by atoms with Gasteiger partial charge >= 0.3 is 0 Å². The van der Waals surface area contributed by atoms with Gasteiger partial charge in [-0.15, -0.1) is 6.58 Å². The molecule has 1 atom stereocenters. The Morgan fingerprint density at radius 2 is 2.22 bits per heavy atom. The van der Waals surface area contributed by atoms with Gasteiger partial charge < -0.3 is 5.32 Å². The third kappa shape index (κ3) is 2.96. The summed E-state index contributed by atoms with van der Waals surface area (Å²) in [4.78, 5) is 0.487. The van der Waals surface area contributed by atoms with Crippen LogP contribution >= 0.6 is 11.8 Å². The molecule has 1 unspecified atom stereocenters. The second-order valence-corrected chi connectivity index (χ2v) is 7.34. The van der Waals surface area contributed by atoms with Gasteiger partial charge in [-0.05, 0) is 11.6 Å². The molecule has 3 nitrogen and oxygen atoms in total. The Morgan fingerprint density at radius 1 is 1.44 bits per heavy atom. The molecule has 1 aliphatic heterocycles. The number of thioether (sulfide) groups is 1. The van der Waals surface area contributed by atoms with Gasteiger partial charge in [0.2, 0.25) is 0 Å². The van der Waals surface area contributed by atoms with Crippen molar-refractivity contribution in [3.8, 4) is 0 Å². The number of hydrogen-bond donors (Lipinski definition) is 1. The van der Waals surface area contributed by atoms with Gasteiger partial charge in [-0.2, -0.15) is 11.8 Å². The first-order valence-corrected chi connectivity index (χ1v) is 8.69. The van der Waals surface area contributed by atoms with Crippen LogP contribution in [0, 0.1) is 0 Å². The predicted molar refractivity (Wildman–Crippen MR) is 76.8 cm³/mol. The molecule has 5 heteroatoms. The molecule has 1 aromatic rings. The van der Waals surface area contributed by atoms with Gasteiger partial charge in [-0.3, -0.25) is 0 Å². The zero-order valence-electron chi connectivity index (χ0n) is 10.1. The van der Waals surface area contributed by atoms with E-state index < -0.39 is 9.84 Å². The second kappa shape index (κ2) is 5.91. The summed E-state index contributed by atoms with van der Waals surface area (Å²) in [5.74, 6) is 2.07. The summed E-state index contributed by atoms with van der Waals surface area (Å²) in [6.07, 6.45) is 1.87. The fraction of sp³-hybridized carbons (Fsp3) is 0.385. The molecule has 98 valence electrons. The van der Waals surface area contributed by atoms with Crippen LogP contribution < -0.4 is 5.32 Å². The van der Waals surface area contributed by atoms with Gasteiger partial charge in [0.25, 0.3) is 0 Å². The van der Waals surface area contributed by atoms with Crippen LogP contribution in [0.25, 0.3) is 0 Å². The summed E-state index contributed by atoms with van der Waals surface area (Å²) in [7, 11) is -3.09. The van der Waals surface area contributed by atoms with Crippen molar-refractivity contribution in [3.05, 3.63) is 42.5 Å². The first-order chi connectivity index (χ1) is 8.65. The van der Waals surface area contributed by atoms with Crippen molar-refractivity contribution in [2.45, 2.75) is 10.9 Å². The number of nitrogens with one attached hydrogen (secondary N) is 1. The van der Waals surface area contributed by atoms with Crippen LogP contribution in [0.4, 0.5) is 0 Å². The topological polar surface area (TPSA) is 46.2 Å². The van der Waals surface area contributed by atoms with E-state index in [9.17, 15) is 8.42 Å². The Balaban J connectivity index is 1.98. The highest BCUT2D eigenvalue weighted by Gasteiger charge is 2.33. The lowest BCUT2D eigenvalue weighted by Gasteiger charge is -2.11. The summed E-state index contributed by atoms with van der Waals surface area (Å²) < 4.78 is 23.9. The highest BCUT2D eigenvalue weighted by molar-refractivity contribution is 7.99. The zero-order valence-corrected chi connectivity index (χ0v) is 11.8. The average molecular weight is 283 g/mol. The summed E-state index contributed by atoms with van der Waals surface area (Å²) in [6.45, 7) is 4.48. The van der Waals surface area contributed by atoms with E-state index >= 15 is 0 Å². The maximum absolute atomic E-state index is 11.9. The number of fused-ring (bicyclic) bond motifs is 1. The SMILES string of the molecule is C=CCSCCNC1CS(=O)(=O)c2ccccc21. The number of sulfone groups is 1. The summed E-state index contributed by atoms with van der Waals surface area (Å²) >= 11 is 1.79. The Hall–Kier alpha value is -0.780. The Kier molecular flexibility index (Phi) is 4.48. The van der Waals surface area contributed by atoms with Crippen LogP contribution in [-0.4, -0.2) is 32.2 Å². The Bertz CT molecular complexity index is 526. The molecule has 1 aliphatic rings. The van der Waals surface area contributed by atoms with Crippen LogP contribution in [0.2, 0.25) is 0 Å². The largest absolute Gasteiger partial charge is 0.308 e. The van der Waals surface area contributed by atoms with Crippen LogP contribution in [-0.2, 0) is 9.84 Å². The molecule has 2 rings (SSSR count). The fourth-order valence-electron chi connectivity index (χ4n) is 2.09. The normalized spacial score (nSPS) is 20.6. The van der Waals surface area contributed by atoms with E-state index in [2.05, 4.69) is 11.9 Å². The number of benzene rings is 1. The van der Waals surface area contributed by atoms with Crippen LogP contribution in [0.3, 0.4) is 0 Å². The van der Waals surface area contributed by atoms with Gasteiger partial charge in [-0.25, -0.2) is 8.42 Å². The quantitative estimate of drug-likeness (QED) is 0.641. The van der Waals surface area contributed by atoms with Crippen molar-refractivity contribution in [1.29, 1.82) is 0 Å². The van der Waals surface area contributed by atoms with Crippen LogP contribution in [0.15, 0.2) is 41.8 Å².